The van der Waals surface area contributed by atoms with Crippen molar-refractivity contribution in [1.29, 1.82) is 0 Å². The van der Waals surface area contributed by atoms with Crippen molar-refractivity contribution in [3.05, 3.63) is 35.6 Å². The summed E-state index contributed by atoms with van der Waals surface area (Å²) in [5.41, 5.74) is 0.745. The summed E-state index contributed by atoms with van der Waals surface area (Å²) in [5.74, 6) is -0.128. The lowest BCUT2D eigenvalue weighted by molar-refractivity contribution is 0.606. The summed E-state index contributed by atoms with van der Waals surface area (Å²) < 4.78 is 13.0. The summed E-state index contributed by atoms with van der Waals surface area (Å²) in [6, 6.07) is 6.84. The molecule has 0 saturated heterocycles. The van der Waals surface area contributed by atoms with Crippen LogP contribution in [0.1, 0.15) is 23.7 Å². The van der Waals surface area contributed by atoms with Crippen LogP contribution in [0, 0.1) is 5.82 Å². The van der Waals surface area contributed by atoms with Gasteiger partial charge in [0.15, 0.2) is 0 Å². The van der Waals surface area contributed by atoms with Gasteiger partial charge >= 0.3 is 0 Å². The maximum atomic E-state index is 13.0. The summed E-state index contributed by atoms with van der Waals surface area (Å²) in [5, 5.41) is 0. The van der Waals surface area contributed by atoms with Gasteiger partial charge in [-0.1, -0.05) is 41.1 Å². The molecule has 1 aromatic carbocycles. The van der Waals surface area contributed by atoms with E-state index in [9.17, 15) is 4.39 Å². The lowest BCUT2D eigenvalue weighted by atomic mass is 10.1. The predicted molar refractivity (Wildman–Crippen MR) is 48.4 cm³/mol. The van der Waals surface area contributed by atoms with Gasteiger partial charge in [0.2, 0.25) is 0 Å². The summed E-state index contributed by atoms with van der Waals surface area (Å²) in [7, 11) is 0. The van der Waals surface area contributed by atoms with E-state index in [1.807, 2.05) is 13.0 Å². The number of benzene rings is 1. The molecule has 0 heterocycles. The normalized spacial score (nSPS) is 13.0. The monoisotopic (exact) mass is 216 g/mol. The number of hydrogen-bond donors (Lipinski definition) is 0. The second-order valence-electron chi connectivity index (χ2n) is 2.40. The van der Waals surface area contributed by atoms with Gasteiger partial charge in [-0.05, 0) is 12.5 Å². The summed E-state index contributed by atoms with van der Waals surface area (Å²) >= 11 is 3.40. The summed E-state index contributed by atoms with van der Waals surface area (Å²) in [4.78, 5) is 0.142. The SMILES string of the molecule is CC[C@@H](Br)c1ccccc1F. The minimum absolute atomic E-state index is 0.128. The largest absolute Gasteiger partial charge is 0.207 e. The molecule has 0 unspecified atom stereocenters. The van der Waals surface area contributed by atoms with E-state index >= 15 is 0 Å². The van der Waals surface area contributed by atoms with E-state index in [0.29, 0.717) is 0 Å². The van der Waals surface area contributed by atoms with E-state index < -0.39 is 0 Å². The van der Waals surface area contributed by atoms with Gasteiger partial charge in [0.1, 0.15) is 5.82 Å². The zero-order chi connectivity index (χ0) is 8.27. The Bertz CT molecular complexity index is 235. The van der Waals surface area contributed by atoms with Crippen LogP contribution >= 0.6 is 15.9 Å². The Morgan fingerprint density at radius 2 is 2.09 bits per heavy atom. The number of hydrogen-bond acceptors (Lipinski definition) is 0. The van der Waals surface area contributed by atoms with Gasteiger partial charge in [-0.25, -0.2) is 4.39 Å². The van der Waals surface area contributed by atoms with Crippen molar-refractivity contribution in [2.45, 2.75) is 18.2 Å². The van der Waals surface area contributed by atoms with Crippen LogP contribution in [0.15, 0.2) is 24.3 Å². The first kappa shape index (κ1) is 8.72. The Hall–Kier alpha value is -0.370. The van der Waals surface area contributed by atoms with Gasteiger partial charge in [-0.15, -0.1) is 0 Å². The highest BCUT2D eigenvalue weighted by Gasteiger charge is 2.08. The van der Waals surface area contributed by atoms with E-state index in [2.05, 4.69) is 15.9 Å². The second kappa shape index (κ2) is 3.86. The Morgan fingerprint density at radius 1 is 1.45 bits per heavy atom. The molecule has 1 rings (SSSR count). The van der Waals surface area contributed by atoms with Crippen molar-refractivity contribution in [3.8, 4) is 0 Å². The highest BCUT2D eigenvalue weighted by Crippen LogP contribution is 2.27. The van der Waals surface area contributed by atoms with Crippen molar-refractivity contribution in [2.24, 2.45) is 0 Å². The number of rotatable bonds is 2. The lowest BCUT2D eigenvalue weighted by Crippen LogP contribution is -1.91. The zero-order valence-electron chi connectivity index (χ0n) is 6.35. The third-order valence-electron chi connectivity index (χ3n) is 1.60. The van der Waals surface area contributed by atoms with Crippen LogP contribution in [0.25, 0.3) is 0 Å². The quantitative estimate of drug-likeness (QED) is 0.663. The highest BCUT2D eigenvalue weighted by molar-refractivity contribution is 9.09. The van der Waals surface area contributed by atoms with Gasteiger partial charge < -0.3 is 0 Å². The Balaban J connectivity index is 2.93. The van der Waals surface area contributed by atoms with E-state index in [4.69, 9.17) is 0 Å². The maximum Gasteiger partial charge on any atom is 0.127 e. The minimum Gasteiger partial charge on any atom is -0.207 e. The van der Waals surface area contributed by atoms with Crippen LogP contribution in [0.2, 0.25) is 0 Å². The van der Waals surface area contributed by atoms with Crippen molar-refractivity contribution in [1.82, 2.24) is 0 Å². The maximum absolute atomic E-state index is 13.0. The average molecular weight is 217 g/mol. The number of halogens is 2. The van der Waals surface area contributed by atoms with Gasteiger partial charge in [-0.3, -0.25) is 0 Å². The third-order valence-corrected chi connectivity index (χ3v) is 2.74. The van der Waals surface area contributed by atoms with E-state index in [1.165, 1.54) is 6.07 Å². The smallest absolute Gasteiger partial charge is 0.127 e. The molecule has 0 bridgehead atoms. The summed E-state index contributed by atoms with van der Waals surface area (Å²) in [6.45, 7) is 2.02. The van der Waals surface area contributed by atoms with Crippen LogP contribution < -0.4 is 0 Å². The molecule has 0 aromatic heterocycles. The van der Waals surface area contributed by atoms with Crippen molar-refractivity contribution in [2.75, 3.05) is 0 Å². The summed E-state index contributed by atoms with van der Waals surface area (Å²) in [6.07, 6.45) is 0.904. The van der Waals surface area contributed by atoms with Crippen LogP contribution in [-0.4, -0.2) is 0 Å². The molecule has 0 nitrogen and oxygen atoms in total. The molecule has 0 saturated carbocycles. The molecule has 0 amide bonds. The van der Waals surface area contributed by atoms with Crippen LogP contribution in [0.3, 0.4) is 0 Å². The molecule has 0 N–H and O–H groups in total. The minimum atomic E-state index is -0.128. The van der Waals surface area contributed by atoms with Crippen molar-refractivity contribution < 1.29 is 4.39 Å². The molecule has 1 atom stereocenters. The Labute approximate surface area is 74.6 Å². The molecular formula is C9H10BrF. The first-order valence-electron chi connectivity index (χ1n) is 3.64. The molecule has 11 heavy (non-hydrogen) atoms. The molecule has 0 aliphatic rings. The van der Waals surface area contributed by atoms with Gasteiger partial charge in [0, 0.05) is 10.4 Å². The molecular weight excluding hydrogens is 207 g/mol. The van der Waals surface area contributed by atoms with Crippen molar-refractivity contribution >= 4 is 15.9 Å². The van der Waals surface area contributed by atoms with E-state index in [1.54, 1.807) is 12.1 Å². The zero-order valence-corrected chi connectivity index (χ0v) is 7.94. The first-order valence-corrected chi connectivity index (χ1v) is 4.55. The molecule has 0 aliphatic heterocycles. The molecule has 1 aromatic rings. The fourth-order valence-corrected chi connectivity index (χ4v) is 1.32. The molecule has 60 valence electrons. The molecule has 2 heteroatoms. The fraction of sp³-hybridized carbons (Fsp3) is 0.333. The molecule has 0 fully saturated rings. The molecule has 0 radical (unpaired) electrons. The fourth-order valence-electron chi connectivity index (χ4n) is 0.949. The number of alkyl halides is 1. The predicted octanol–water partition coefficient (Wildman–Crippen LogP) is 3.67. The van der Waals surface area contributed by atoms with Gasteiger partial charge in [0.05, 0.1) is 0 Å². The Morgan fingerprint density at radius 3 is 2.64 bits per heavy atom. The second-order valence-corrected chi connectivity index (χ2v) is 3.50. The lowest BCUT2D eigenvalue weighted by Gasteiger charge is -2.06. The van der Waals surface area contributed by atoms with E-state index in [0.717, 1.165) is 12.0 Å². The standard InChI is InChI=1S/C9H10BrF/c1-2-8(10)7-5-3-4-6-9(7)11/h3-6,8H,2H2,1H3/t8-/m1/s1. The van der Waals surface area contributed by atoms with Crippen LogP contribution in [0.4, 0.5) is 4.39 Å². The molecule has 0 spiro atoms. The average Bonchev–Trinajstić information content (AvgIpc) is 2.04. The van der Waals surface area contributed by atoms with Gasteiger partial charge in [-0.2, -0.15) is 0 Å². The van der Waals surface area contributed by atoms with Crippen molar-refractivity contribution in [3.63, 3.8) is 0 Å². The van der Waals surface area contributed by atoms with E-state index in [-0.39, 0.29) is 10.6 Å². The van der Waals surface area contributed by atoms with Crippen LogP contribution in [0.5, 0.6) is 0 Å². The third kappa shape index (κ3) is 2.03. The Kier molecular flexibility index (Phi) is 3.06. The molecule has 0 aliphatic carbocycles. The van der Waals surface area contributed by atoms with Gasteiger partial charge in [0.25, 0.3) is 0 Å². The highest BCUT2D eigenvalue weighted by atomic mass is 79.9. The first-order chi connectivity index (χ1) is 5.25. The van der Waals surface area contributed by atoms with Crippen LogP contribution in [-0.2, 0) is 0 Å². The topological polar surface area (TPSA) is 0 Å².